The SMILES string of the molecule is C.C.CCOC(=O)Cn1nc(C(F)(F)F)c2c1C1CC1C2=O.Cc1nn(CC(=O)C[C@@H](Cc2cc(F)cc(F)c2)c2ncccc2-c2ccc(F)c(C(N)=O)c2)c2c1C(=O)C1CC21.O=C(O)Cn1nc(C(F)(F)F)c2c1C1CC1C2=O. The molecule has 0 aliphatic heterocycles. The summed E-state index contributed by atoms with van der Waals surface area (Å²) in [5.74, 6) is -8.17. The Bertz CT molecular complexity index is 3580. The summed E-state index contributed by atoms with van der Waals surface area (Å²) in [6.45, 7) is 2.38. The number of carbonyl (C=O) groups excluding carboxylic acids is 6. The molecular formula is C55H51F9N8O9. The van der Waals surface area contributed by atoms with E-state index in [0.717, 1.165) is 33.6 Å². The maximum absolute atomic E-state index is 14.2. The van der Waals surface area contributed by atoms with Gasteiger partial charge >= 0.3 is 24.3 Å². The van der Waals surface area contributed by atoms with Gasteiger partial charge in [-0.2, -0.15) is 41.6 Å². The highest BCUT2D eigenvalue weighted by Gasteiger charge is 2.60. The Morgan fingerprint density at radius 1 is 0.704 bits per heavy atom. The van der Waals surface area contributed by atoms with Crippen molar-refractivity contribution in [3.8, 4) is 11.1 Å². The van der Waals surface area contributed by atoms with Gasteiger partial charge in [0.1, 0.15) is 30.5 Å². The fourth-order valence-electron chi connectivity index (χ4n) is 11.3. The molecule has 26 heteroatoms. The third kappa shape index (κ3) is 11.1. The van der Waals surface area contributed by atoms with Crippen molar-refractivity contribution >= 4 is 41.0 Å². The smallest absolute Gasteiger partial charge is 0.435 e. The Hall–Kier alpha value is -8.32. The summed E-state index contributed by atoms with van der Waals surface area (Å²) in [4.78, 5) is 88.0. The zero-order valence-corrected chi connectivity index (χ0v) is 41.4. The van der Waals surface area contributed by atoms with Crippen molar-refractivity contribution in [3.05, 3.63) is 140 Å². The molecule has 6 aliphatic carbocycles. The van der Waals surface area contributed by atoms with Crippen molar-refractivity contribution in [2.75, 3.05) is 6.61 Å². The van der Waals surface area contributed by atoms with Crippen LogP contribution in [-0.2, 0) is 57.5 Å². The van der Waals surface area contributed by atoms with E-state index < -0.39 is 101 Å². The second-order valence-corrected chi connectivity index (χ2v) is 20.1. The predicted octanol–water partition coefficient (Wildman–Crippen LogP) is 9.38. The molecule has 2 aromatic carbocycles. The molecule has 0 spiro atoms. The first-order valence-electron chi connectivity index (χ1n) is 24.7. The van der Waals surface area contributed by atoms with Gasteiger partial charge in [-0.3, -0.25) is 52.6 Å². The summed E-state index contributed by atoms with van der Waals surface area (Å²) >= 11 is 0. The van der Waals surface area contributed by atoms with Crippen LogP contribution in [0.5, 0.6) is 0 Å². The normalized spacial score (nSPS) is 20.3. The average Bonchev–Trinajstić information content (AvgIpc) is 3.16. The molecule has 0 radical (unpaired) electrons. The molecule has 4 aromatic heterocycles. The van der Waals surface area contributed by atoms with E-state index in [2.05, 4.69) is 20.3 Å². The summed E-state index contributed by atoms with van der Waals surface area (Å²) in [7, 11) is 0. The van der Waals surface area contributed by atoms with E-state index in [1.165, 1.54) is 30.5 Å². The van der Waals surface area contributed by atoms with Crippen LogP contribution in [0.3, 0.4) is 0 Å². The number of hydrogen-bond donors (Lipinski definition) is 2. The van der Waals surface area contributed by atoms with Gasteiger partial charge in [-0.1, -0.05) is 27.0 Å². The standard InChI is InChI=1S/C31H25F3N4O3.C12H11F3N2O3.C10H7F3N2O3.2CH4/c1-15-27-29(23-13-24(23)30(27)40)38(37-15)14-21(39)10-18(7-16-8-19(32)12-20(33)9-16)28-22(3-2-6-36-28)17-4-5-26(34)25(11-17)31(35)41;1-2-20-7(18)4-17-9-5-3-6(5)10(19)8(9)11(16-17)12(13,14)15;11-10(12,13)9-6-7(3-1-4(3)8(6)18)15(14-9)2-5(16)17;;/h2-6,8-9,11-12,18,23-24H,7,10,13-14H2,1H3,(H2,35,41);5-6H,2-4H2,1H3;3-4H,1-2H2,(H,16,17);2*1H4/t18-,23?,24?;;;;/m1..../s1. The second kappa shape index (κ2) is 21.6. The van der Waals surface area contributed by atoms with E-state index in [0.29, 0.717) is 46.5 Å². The highest BCUT2D eigenvalue weighted by molar-refractivity contribution is 6.08. The Morgan fingerprint density at radius 3 is 1.72 bits per heavy atom. The number of primary amides is 1. The number of rotatable bonds is 14. The minimum atomic E-state index is -4.74. The Morgan fingerprint density at radius 2 is 1.21 bits per heavy atom. The van der Waals surface area contributed by atoms with Crippen molar-refractivity contribution in [2.45, 2.75) is 116 Å². The van der Waals surface area contributed by atoms with Crippen LogP contribution in [0.2, 0.25) is 0 Å². The number of ether oxygens (including phenoxy) is 1. The van der Waals surface area contributed by atoms with Gasteiger partial charge in [0, 0.05) is 65.7 Å². The van der Waals surface area contributed by atoms with Crippen LogP contribution in [0.4, 0.5) is 39.5 Å². The second-order valence-electron chi connectivity index (χ2n) is 20.1. The summed E-state index contributed by atoms with van der Waals surface area (Å²) < 4.78 is 127. The number of halogens is 9. The first kappa shape index (κ1) is 58.8. The Balaban J connectivity index is 0.000000179. The van der Waals surface area contributed by atoms with Crippen LogP contribution in [0.25, 0.3) is 11.1 Å². The number of carboxylic acids is 1. The number of nitrogens with zero attached hydrogens (tertiary/aromatic N) is 7. The third-order valence-electron chi connectivity index (χ3n) is 14.7. The van der Waals surface area contributed by atoms with Crippen LogP contribution in [0, 0.1) is 42.1 Å². The van der Waals surface area contributed by atoms with Crippen molar-refractivity contribution < 1.29 is 82.9 Å². The van der Waals surface area contributed by atoms with E-state index in [4.69, 9.17) is 15.6 Å². The van der Waals surface area contributed by atoms with Crippen LogP contribution in [-0.4, -0.2) is 87.0 Å². The number of nitrogens with two attached hydrogens (primary N) is 1. The van der Waals surface area contributed by atoms with Crippen LogP contribution >= 0.6 is 0 Å². The number of Topliss-reactive ketones (excluding diaryl/α,β-unsaturated/α-hetero) is 4. The molecule has 3 N–H and O–H groups in total. The molecule has 0 saturated heterocycles. The third-order valence-corrected chi connectivity index (χ3v) is 14.7. The van der Waals surface area contributed by atoms with E-state index in [-0.39, 0.29) is 105 Å². The monoisotopic (exact) mass is 1140 g/mol. The molecule has 6 aromatic rings. The topological polar surface area (TPSA) is 241 Å². The van der Waals surface area contributed by atoms with Crippen molar-refractivity contribution in [2.24, 2.45) is 23.5 Å². The lowest BCUT2D eigenvalue weighted by molar-refractivity contribution is -0.146. The van der Waals surface area contributed by atoms with Gasteiger partial charge in [0.05, 0.1) is 63.9 Å². The minimum Gasteiger partial charge on any atom is -0.480 e. The number of aliphatic carboxylic acids is 1. The number of alkyl halides is 6. The maximum Gasteiger partial charge on any atom is 0.435 e. The number of hydrogen-bond acceptors (Lipinski definition) is 12. The fraction of sp³-hybridized carbons (Fsp3) is 0.400. The van der Waals surface area contributed by atoms with Gasteiger partial charge in [0.25, 0.3) is 5.91 Å². The molecule has 4 heterocycles. The van der Waals surface area contributed by atoms with Gasteiger partial charge in [-0.15, -0.1) is 0 Å². The Kier molecular flexibility index (Phi) is 15.7. The van der Waals surface area contributed by atoms with E-state index in [9.17, 15) is 73.1 Å². The van der Waals surface area contributed by atoms with Crippen LogP contribution < -0.4 is 5.73 Å². The number of aryl methyl sites for hydroxylation is 1. The summed E-state index contributed by atoms with van der Waals surface area (Å²) in [6, 6.07) is 10.5. The number of aromatic nitrogens is 7. The number of fused-ring (bicyclic) bond motifs is 9. The van der Waals surface area contributed by atoms with Crippen molar-refractivity contribution in [1.82, 2.24) is 34.3 Å². The molecule has 17 nitrogen and oxygen atoms in total. The number of esters is 1. The molecule has 0 bridgehead atoms. The van der Waals surface area contributed by atoms with E-state index in [1.807, 2.05) is 0 Å². The van der Waals surface area contributed by atoms with E-state index >= 15 is 0 Å². The zero-order chi connectivity index (χ0) is 56.9. The quantitative estimate of drug-likeness (QED) is 0.0764. The van der Waals surface area contributed by atoms with Crippen LogP contribution in [0.1, 0.15) is 158 Å². The molecule has 7 atom stereocenters. The van der Waals surface area contributed by atoms with E-state index in [1.54, 1.807) is 30.7 Å². The average molecular weight is 1140 g/mol. The molecule has 1 amide bonds. The largest absolute Gasteiger partial charge is 0.480 e. The minimum absolute atomic E-state index is 0. The summed E-state index contributed by atoms with van der Waals surface area (Å²) in [5.41, 5.74) is 5.96. The summed E-state index contributed by atoms with van der Waals surface area (Å²) in [5, 5.41) is 19.8. The predicted molar refractivity (Wildman–Crippen MR) is 265 cm³/mol. The van der Waals surface area contributed by atoms with Crippen molar-refractivity contribution in [1.29, 1.82) is 0 Å². The van der Waals surface area contributed by atoms with Crippen molar-refractivity contribution in [3.63, 3.8) is 0 Å². The lowest BCUT2D eigenvalue weighted by Gasteiger charge is -2.20. The highest BCUT2D eigenvalue weighted by Crippen LogP contribution is 2.60. The lowest BCUT2D eigenvalue weighted by atomic mass is 9.86. The molecule has 3 saturated carbocycles. The Labute approximate surface area is 454 Å². The fourth-order valence-corrected chi connectivity index (χ4v) is 11.3. The molecule has 81 heavy (non-hydrogen) atoms. The first-order chi connectivity index (χ1) is 37.2. The number of carboxylic acid groups (broad SMARTS) is 1. The molecule has 12 rings (SSSR count). The first-order valence-corrected chi connectivity index (χ1v) is 24.7. The lowest BCUT2D eigenvalue weighted by Crippen LogP contribution is -2.19. The van der Waals surface area contributed by atoms with Gasteiger partial charge in [0.2, 0.25) is 0 Å². The molecule has 6 unspecified atom stereocenters. The zero-order valence-electron chi connectivity index (χ0n) is 41.4. The number of benzene rings is 2. The number of amides is 1. The summed E-state index contributed by atoms with van der Waals surface area (Å²) in [6.07, 6.45) is -6.08. The van der Waals surface area contributed by atoms with Crippen LogP contribution in [0.15, 0.2) is 54.7 Å². The number of carbonyl (C=O) groups is 7. The van der Waals surface area contributed by atoms with Gasteiger partial charge in [0.15, 0.2) is 34.5 Å². The van der Waals surface area contributed by atoms with Gasteiger partial charge in [-0.25, -0.2) is 13.2 Å². The van der Waals surface area contributed by atoms with Gasteiger partial charge in [-0.05, 0) is 81.0 Å². The maximum atomic E-state index is 14.2. The number of ketones is 4. The molecule has 3 fully saturated rings. The molecule has 428 valence electrons. The van der Waals surface area contributed by atoms with Gasteiger partial charge < -0.3 is 15.6 Å². The number of pyridine rings is 1. The highest BCUT2D eigenvalue weighted by atomic mass is 19.4. The molecular weight excluding hydrogens is 1090 g/mol. The molecule has 6 aliphatic rings.